The average molecular weight is 408 g/mol. The highest BCUT2D eigenvalue weighted by molar-refractivity contribution is 7.10. The molecule has 1 unspecified atom stereocenters. The van der Waals surface area contributed by atoms with Crippen molar-refractivity contribution in [3.8, 4) is 0 Å². The van der Waals surface area contributed by atoms with Crippen molar-refractivity contribution in [1.82, 2.24) is 15.5 Å². The minimum absolute atomic E-state index is 0.0120. The summed E-state index contributed by atoms with van der Waals surface area (Å²) in [6.07, 6.45) is 4.25. The van der Waals surface area contributed by atoms with Gasteiger partial charge in [0.1, 0.15) is 0 Å². The van der Waals surface area contributed by atoms with E-state index in [2.05, 4.69) is 50.2 Å². The molecule has 0 aliphatic carbocycles. The molecule has 1 aliphatic rings. The van der Waals surface area contributed by atoms with Crippen molar-refractivity contribution in [2.75, 3.05) is 6.54 Å². The second-order valence-electron chi connectivity index (χ2n) is 9.37. The summed E-state index contributed by atoms with van der Waals surface area (Å²) in [6.45, 7) is 13.3. The van der Waals surface area contributed by atoms with Crippen molar-refractivity contribution >= 4 is 23.2 Å². The van der Waals surface area contributed by atoms with E-state index in [1.807, 2.05) is 17.5 Å². The highest BCUT2D eigenvalue weighted by atomic mass is 32.1. The number of carbonyl (C=O) groups excluding carboxylic acids is 2. The van der Waals surface area contributed by atoms with Gasteiger partial charge in [0.25, 0.3) is 0 Å². The minimum atomic E-state index is -0.253. The zero-order valence-electron chi connectivity index (χ0n) is 18.3. The predicted molar refractivity (Wildman–Crippen MR) is 116 cm³/mol. The summed E-state index contributed by atoms with van der Waals surface area (Å²) in [5.41, 5.74) is -0.0239. The Hall–Kier alpha value is -1.40. The zero-order chi connectivity index (χ0) is 20.9. The number of unbranched alkanes of at least 4 members (excludes halogenated alkanes) is 1. The first-order valence-electron chi connectivity index (χ1n) is 10.4. The second-order valence-corrected chi connectivity index (χ2v) is 10.3. The number of amides is 2. The lowest BCUT2D eigenvalue weighted by Gasteiger charge is -2.49. The van der Waals surface area contributed by atoms with Gasteiger partial charge in [-0.2, -0.15) is 0 Å². The molecule has 0 spiro atoms. The van der Waals surface area contributed by atoms with Crippen LogP contribution in [0.15, 0.2) is 17.5 Å². The molecular weight excluding hydrogens is 370 g/mol. The summed E-state index contributed by atoms with van der Waals surface area (Å²) in [6, 6.07) is 3.92. The largest absolute Gasteiger partial charge is 0.348 e. The molecule has 158 valence electrons. The average Bonchev–Trinajstić information content (AvgIpc) is 3.05. The van der Waals surface area contributed by atoms with Crippen LogP contribution in [0.1, 0.15) is 84.6 Å². The Morgan fingerprint density at radius 3 is 2.43 bits per heavy atom. The first-order chi connectivity index (χ1) is 13.0. The van der Waals surface area contributed by atoms with Crippen LogP contribution in [0.4, 0.5) is 0 Å². The third-order valence-electron chi connectivity index (χ3n) is 5.33. The van der Waals surface area contributed by atoms with Crippen molar-refractivity contribution < 1.29 is 9.59 Å². The van der Waals surface area contributed by atoms with Crippen LogP contribution in [-0.4, -0.2) is 40.4 Å². The summed E-state index contributed by atoms with van der Waals surface area (Å²) in [5.74, 6) is 0.0366. The van der Waals surface area contributed by atoms with Crippen LogP contribution in [0.5, 0.6) is 0 Å². The molecular formula is C22H37N3O2S. The molecule has 1 saturated heterocycles. The maximum absolute atomic E-state index is 13.4. The molecule has 1 aromatic rings. The Kier molecular flexibility index (Phi) is 7.68. The lowest BCUT2D eigenvalue weighted by Crippen LogP contribution is -2.63. The van der Waals surface area contributed by atoms with Crippen LogP contribution in [-0.2, 0) is 9.59 Å². The summed E-state index contributed by atoms with van der Waals surface area (Å²) >= 11 is 1.58. The van der Waals surface area contributed by atoms with E-state index in [0.29, 0.717) is 6.42 Å². The van der Waals surface area contributed by atoms with Crippen molar-refractivity contribution in [1.29, 1.82) is 0 Å². The lowest BCUT2D eigenvalue weighted by molar-refractivity contribution is -0.136. The van der Waals surface area contributed by atoms with Crippen LogP contribution in [0.2, 0.25) is 0 Å². The Morgan fingerprint density at radius 1 is 1.29 bits per heavy atom. The van der Waals surface area contributed by atoms with Crippen LogP contribution in [0.25, 0.3) is 0 Å². The quantitative estimate of drug-likeness (QED) is 0.677. The van der Waals surface area contributed by atoms with Crippen LogP contribution in [0, 0.1) is 0 Å². The van der Waals surface area contributed by atoms with Crippen LogP contribution in [0.3, 0.4) is 0 Å². The van der Waals surface area contributed by atoms with E-state index >= 15 is 0 Å². The number of rotatable bonds is 8. The molecule has 28 heavy (non-hydrogen) atoms. The Labute approximate surface area is 174 Å². The molecule has 5 nitrogen and oxygen atoms in total. The number of nitrogens with zero attached hydrogens (tertiary/aromatic N) is 1. The molecule has 0 saturated carbocycles. The van der Waals surface area contributed by atoms with Crippen molar-refractivity contribution in [3.63, 3.8) is 0 Å². The molecule has 2 rings (SSSR count). The maximum atomic E-state index is 13.4. The van der Waals surface area contributed by atoms with Gasteiger partial charge in [-0.05, 0) is 58.4 Å². The van der Waals surface area contributed by atoms with E-state index in [1.165, 1.54) is 6.92 Å². The van der Waals surface area contributed by atoms with Gasteiger partial charge in [-0.25, -0.2) is 0 Å². The molecule has 0 radical (unpaired) electrons. The number of thiophene rings is 1. The van der Waals surface area contributed by atoms with Gasteiger partial charge in [-0.3, -0.25) is 9.59 Å². The molecule has 0 bridgehead atoms. The fourth-order valence-corrected chi connectivity index (χ4v) is 5.36. The fraction of sp³-hybridized carbons (Fsp3) is 0.727. The molecule has 2 N–H and O–H groups in total. The fourth-order valence-electron chi connectivity index (χ4n) is 4.58. The van der Waals surface area contributed by atoms with Crippen molar-refractivity contribution in [2.45, 2.75) is 96.8 Å². The van der Waals surface area contributed by atoms with Crippen LogP contribution < -0.4 is 10.6 Å². The molecule has 1 aliphatic heterocycles. The molecule has 6 heteroatoms. The van der Waals surface area contributed by atoms with E-state index in [0.717, 1.165) is 37.1 Å². The third kappa shape index (κ3) is 6.59. The van der Waals surface area contributed by atoms with Crippen molar-refractivity contribution in [3.05, 3.63) is 22.4 Å². The first-order valence-corrected chi connectivity index (χ1v) is 11.3. The van der Waals surface area contributed by atoms with E-state index < -0.39 is 0 Å². The molecule has 1 fully saturated rings. The zero-order valence-corrected chi connectivity index (χ0v) is 19.1. The topological polar surface area (TPSA) is 61.4 Å². The van der Waals surface area contributed by atoms with Crippen molar-refractivity contribution in [2.24, 2.45) is 0 Å². The van der Waals surface area contributed by atoms with E-state index in [9.17, 15) is 9.59 Å². The highest BCUT2D eigenvalue weighted by Gasteiger charge is 2.41. The summed E-state index contributed by atoms with van der Waals surface area (Å²) in [7, 11) is 0. The van der Waals surface area contributed by atoms with Gasteiger partial charge < -0.3 is 15.5 Å². The normalized spacial score (nSPS) is 19.8. The SMILES string of the molecule is CCCCN(C(=O)CC(NC(C)=O)c1cccs1)C1CC(C)(C)NC(C)(C)C1. The Morgan fingerprint density at radius 2 is 1.93 bits per heavy atom. The minimum Gasteiger partial charge on any atom is -0.348 e. The molecule has 2 heterocycles. The Bertz CT molecular complexity index is 639. The van der Waals surface area contributed by atoms with E-state index in [4.69, 9.17) is 0 Å². The molecule has 1 aromatic heterocycles. The number of carbonyl (C=O) groups is 2. The Balaban J connectivity index is 2.20. The predicted octanol–water partition coefficient (Wildman–Crippen LogP) is 4.25. The second kappa shape index (κ2) is 9.40. The standard InChI is InChI=1S/C22H37N3O2S/c1-7-8-11-25(17-14-21(3,4)24-22(5,6)15-17)20(27)13-18(23-16(2)26)19-10-9-12-28-19/h9-10,12,17-18,24H,7-8,11,13-15H2,1-6H3,(H,23,26). The third-order valence-corrected chi connectivity index (χ3v) is 6.31. The van der Waals surface area contributed by atoms with Crippen LogP contribution >= 0.6 is 11.3 Å². The van der Waals surface area contributed by atoms with Gasteiger partial charge in [0, 0.05) is 35.5 Å². The number of piperidine rings is 1. The molecule has 1 atom stereocenters. The number of nitrogens with one attached hydrogen (secondary N) is 2. The monoisotopic (exact) mass is 407 g/mol. The van der Waals surface area contributed by atoms with E-state index in [1.54, 1.807) is 11.3 Å². The number of hydrogen-bond acceptors (Lipinski definition) is 4. The van der Waals surface area contributed by atoms with Gasteiger partial charge in [-0.1, -0.05) is 19.4 Å². The maximum Gasteiger partial charge on any atom is 0.225 e. The lowest BCUT2D eigenvalue weighted by atomic mass is 9.78. The van der Waals surface area contributed by atoms with E-state index in [-0.39, 0.29) is 35.0 Å². The van der Waals surface area contributed by atoms with Gasteiger partial charge in [0.15, 0.2) is 0 Å². The highest BCUT2D eigenvalue weighted by Crippen LogP contribution is 2.33. The summed E-state index contributed by atoms with van der Waals surface area (Å²) < 4.78 is 0. The summed E-state index contributed by atoms with van der Waals surface area (Å²) in [4.78, 5) is 28.2. The van der Waals surface area contributed by atoms with Gasteiger partial charge in [-0.15, -0.1) is 11.3 Å². The summed E-state index contributed by atoms with van der Waals surface area (Å²) in [5, 5.41) is 8.67. The number of hydrogen-bond donors (Lipinski definition) is 2. The smallest absolute Gasteiger partial charge is 0.225 e. The molecule has 0 aromatic carbocycles. The van der Waals surface area contributed by atoms with Gasteiger partial charge in [0.05, 0.1) is 12.5 Å². The molecule has 2 amide bonds. The van der Waals surface area contributed by atoms with Gasteiger partial charge >= 0.3 is 0 Å². The van der Waals surface area contributed by atoms with Gasteiger partial charge in [0.2, 0.25) is 11.8 Å². The first kappa shape index (κ1) is 22.9.